The summed E-state index contributed by atoms with van der Waals surface area (Å²) >= 11 is 0. The smallest absolute Gasteiger partial charge is 0.251 e. The van der Waals surface area contributed by atoms with Crippen LogP contribution in [0.4, 0.5) is 5.69 Å². The Morgan fingerprint density at radius 2 is 1.47 bits per heavy atom. The average molecular weight is 509 g/mol. The highest BCUT2D eigenvalue weighted by molar-refractivity contribution is 5.99. The molecule has 0 spiro atoms. The number of hydrogen-bond acceptors (Lipinski definition) is 4. The Kier molecular flexibility index (Phi) is 9.09. The molecule has 6 heteroatoms. The van der Waals surface area contributed by atoms with Crippen LogP contribution in [0.3, 0.4) is 0 Å². The number of anilines is 1. The van der Waals surface area contributed by atoms with Crippen LogP contribution in [-0.4, -0.2) is 44.0 Å². The van der Waals surface area contributed by atoms with Crippen molar-refractivity contribution in [2.75, 3.05) is 32.1 Å². The topological polar surface area (TPSA) is 74.3 Å². The number of unbranched alkanes of at least 4 members (excludes halogenated alkanes) is 3. The molecule has 0 saturated carbocycles. The highest BCUT2D eigenvalue weighted by atomic mass is 16.2. The Morgan fingerprint density at radius 1 is 0.763 bits per heavy atom. The molecular formula is C32H36N4O2. The van der Waals surface area contributed by atoms with E-state index in [-0.39, 0.29) is 11.8 Å². The Hall–Kier alpha value is -4.19. The lowest BCUT2D eigenvalue weighted by Gasteiger charge is -2.13. The quantitative estimate of drug-likeness (QED) is 0.244. The molecule has 6 nitrogen and oxygen atoms in total. The summed E-state index contributed by atoms with van der Waals surface area (Å²) < 4.78 is 0. The van der Waals surface area contributed by atoms with Crippen molar-refractivity contribution in [3.63, 3.8) is 0 Å². The maximum absolute atomic E-state index is 12.7. The lowest BCUT2D eigenvalue weighted by atomic mass is 10.0. The first-order valence-electron chi connectivity index (χ1n) is 13.2. The summed E-state index contributed by atoms with van der Waals surface area (Å²) in [6.07, 6.45) is 5.55. The minimum Gasteiger partial charge on any atom is -0.378 e. The van der Waals surface area contributed by atoms with Gasteiger partial charge in [-0.2, -0.15) is 0 Å². The first-order chi connectivity index (χ1) is 18.4. The number of pyridine rings is 1. The number of fused-ring (bicyclic) bond motifs is 1. The molecule has 2 amide bonds. The fourth-order valence-corrected chi connectivity index (χ4v) is 4.42. The van der Waals surface area contributed by atoms with Crippen LogP contribution >= 0.6 is 0 Å². The second-order valence-corrected chi connectivity index (χ2v) is 9.81. The first kappa shape index (κ1) is 26.9. The molecule has 3 aromatic carbocycles. The molecular weight excluding hydrogens is 472 g/mol. The number of nitrogens with one attached hydrogen (secondary N) is 2. The SMILES string of the molecule is Cc1ccc(-c2ccccn2)cc1C(=O)NCCCCCCNC(=O)c1ccc2cc(N(C)C)ccc2c1. The van der Waals surface area contributed by atoms with Gasteiger partial charge in [-0.1, -0.05) is 43.2 Å². The van der Waals surface area contributed by atoms with Gasteiger partial charge < -0.3 is 15.5 Å². The van der Waals surface area contributed by atoms with Crippen molar-refractivity contribution in [2.24, 2.45) is 0 Å². The van der Waals surface area contributed by atoms with Crippen molar-refractivity contribution in [3.05, 3.63) is 95.7 Å². The van der Waals surface area contributed by atoms with E-state index >= 15 is 0 Å². The second kappa shape index (κ2) is 12.9. The molecule has 4 rings (SSSR count). The Labute approximate surface area is 225 Å². The van der Waals surface area contributed by atoms with E-state index < -0.39 is 0 Å². The maximum Gasteiger partial charge on any atom is 0.251 e. The number of aryl methyl sites for hydroxylation is 1. The molecule has 2 N–H and O–H groups in total. The van der Waals surface area contributed by atoms with Gasteiger partial charge in [-0.05, 0) is 78.6 Å². The maximum atomic E-state index is 12.7. The van der Waals surface area contributed by atoms with Crippen LogP contribution in [0.15, 0.2) is 79.0 Å². The molecule has 0 bridgehead atoms. The number of rotatable bonds is 11. The summed E-state index contributed by atoms with van der Waals surface area (Å²) in [5.41, 5.74) is 5.24. The minimum absolute atomic E-state index is 0.0425. The molecule has 0 aliphatic carbocycles. The normalized spacial score (nSPS) is 10.8. The zero-order chi connectivity index (χ0) is 26.9. The predicted octanol–water partition coefficient (Wildman–Crippen LogP) is 6.00. The van der Waals surface area contributed by atoms with Crippen LogP contribution in [0.2, 0.25) is 0 Å². The second-order valence-electron chi connectivity index (χ2n) is 9.81. The van der Waals surface area contributed by atoms with E-state index in [1.54, 1.807) is 6.20 Å². The summed E-state index contributed by atoms with van der Waals surface area (Å²) in [5, 5.41) is 8.25. The van der Waals surface area contributed by atoms with Gasteiger partial charge in [0.05, 0.1) is 5.69 Å². The third kappa shape index (κ3) is 6.97. The molecule has 0 aliphatic heterocycles. The lowest BCUT2D eigenvalue weighted by molar-refractivity contribution is 0.0943. The van der Waals surface area contributed by atoms with Crippen molar-refractivity contribution in [1.82, 2.24) is 15.6 Å². The monoisotopic (exact) mass is 508 g/mol. The van der Waals surface area contributed by atoms with Crippen LogP contribution in [0.25, 0.3) is 22.0 Å². The van der Waals surface area contributed by atoms with E-state index in [0.29, 0.717) is 24.2 Å². The van der Waals surface area contributed by atoms with E-state index in [1.807, 2.05) is 75.6 Å². The lowest BCUT2D eigenvalue weighted by Crippen LogP contribution is -2.25. The molecule has 0 saturated heterocycles. The van der Waals surface area contributed by atoms with Gasteiger partial charge in [0.15, 0.2) is 0 Å². The van der Waals surface area contributed by atoms with Gasteiger partial charge in [-0.25, -0.2) is 0 Å². The molecule has 0 unspecified atom stereocenters. The number of benzene rings is 3. The number of hydrogen-bond donors (Lipinski definition) is 2. The molecule has 196 valence electrons. The van der Waals surface area contributed by atoms with Crippen molar-refractivity contribution in [2.45, 2.75) is 32.6 Å². The zero-order valence-electron chi connectivity index (χ0n) is 22.5. The Balaban J connectivity index is 1.15. The molecule has 0 atom stereocenters. The predicted molar refractivity (Wildman–Crippen MR) is 156 cm³/mol. The third-order valence-electron chi connectivity index (χ3n) is 6.72. The van der Waals surface area contributed by atoms with Crippen LogP contribution in [0.5, 0.6) is 0 Å². The number of carbonyl (C=O) groups is 2. The standard InChI is InChI=1S/C32H36N4O2/c1-23-11-12-26(30-10-6-9-17-33-30)22-29(23)32(38)35-19-8-5-4-7-18-34-31(37)27-14-13-25-21-28(36(2)3)16-15-24(25)20-27/h6,9-17,20-22H,4-5,7-8,18-19H2,1-3H3,(H,34,37)(H,35,38). The molecule has 1 heterocycles. The fourth-order valence-electron chi connectivity index (χ4n) is 4.42. The first-order valence-corrected chi connectivity index (χ1v) is 13.2. The van der Waals surface area contributed by atoms with Gasteiger partial charge >= 0.3 is 0 Å². The van der Waals surface area contributed by atoms with Crippen LogP contribution < -0.4 is 15.5 Å². The van der Waals surface area contributed by atoms with E-state index in [2.05, 4.69) is 38.7 Å². The molecule has 4 aromatic rings. The van der Waals surface area contributed by atoms with Gasteiger partial charge in [-0.3, -0.25) is 14.6 Å². The summed E-state index contributed by atoms with van der Waals surface area (Å²) in [5.74, 6) is -0.0972. The minimum atomic E-state index is -0.0548. The Morgan fingerprint density at radius 3 is 2.18 bits per heavy atom. The molecule has 0 fully saturated rings. The third-order valence-corrected chi connectivity index (χ3v) is 6.72. The highest BCUT2D eigenvalue weighted by Gasteiger charge is 2.11. The van der Waals surface area contributed by atoms with Crippen molar-refractivity contribution < 1.29 is 9.59 Å². The van der Waals surface area contributed by atoms with Crippen LogP contribution in [-0.2, 0) is 0 Å². The molecule has 1 aromatic heterocycles. The summed E-state index contributed by atoms with van der Waals surface area (Å²) in [6, 6.07) is 23.7. The van der Waals surface area contributed by atoms with E-state index in [4.69, 9.17) is 0 Å². The number of nitrogens with zero attached hydrogens (tertiary/aromatic N) is 2. The highest BCUT2D eigenvalue weighted by Crippen LogP contribution is 2.22. The van der Waals surface area contributed by atoms with E-state index in [9.17, 15) is 9.59 Å². The number of aromatic nitrogens is 1. The van der Waals surface area contributed by atoms with Crippen LogP contribution in [0.1, 0.15) is 52.0 Å². The van der Waals surface area contributed by atoms with Gasteiger partial charge in [0.25, 0.3) is 11.8 Å². The van der Waals surface area contributed by atoms with Crippen LogP contribution in [0, 0.1) is 6.92 Å². The zero-order valence-corrected chi connectivity index (χ0v) is 22.5. The van der Waals surface area contributed by atoms with E-state index in [1.165, 1.54) is 0 Å². The fraction of sp³-hybridized carbons (Fsp3) is 0.281. The van der Waals surface area contributed by atoms with Gasteiger partial charge in [0, 0.05) is 55.8 Å². The number of amides is 2. The van der Waals surface area contributed by atoms with Gasteiger partial charge in [0.2, 0.25) is 0 Å². The number of carbonyl (C=O) groups excluding carboxylic acids is 2. The van der Waals surface area contributed by atoms with Gasteiger partial charge in [0.1, 0.15) is 0 Å². The summed E-state index contributed by atoms with van der Waals surface area (Å²) in [4.78, 5) is 31.8. The molecule has 0 radical (unpaired) electrons. The molecule has 38 heavy (non-hydrogen) atoms. The van der Waals surface area contributed by atoms with Crippen molar-refractivity contribution in [1.29, 1.82) is 0 Å². The van der Waals surface area contributed by atoms with E-state index in [0.717, 1.165) is 59.0 Å². The largest absolute Gasteiger partial charge is 0.378 e. The summed E-state index contributed by atoms with van der Waals surface area (Å²) in [7, 11) is 4.04. The average Bonchev–Trinajstić information content (AvgIpc) is 2.94. The molecule has 0 aliphatic rings. The van der Waals surface area contributed by atoms with Crippen molar-refractivity contribution >= 4 is 28.3 Å². The Bertz CT molecular complexity index is 1400. The van der Waals surface area contributed by atoms with Crippen molar-refractivity contribution in [3.8, 4) is 11.3 Å². The summed E-state index contributed by atoms with van der Waals surface area (Å²) in [6.45, 7) is 3.22. The van der Waals surface area contributed by atoms with Gasteiger partial charge in [-0.15, -0.1) is 0 Å².